The number of carbonyl (C=O) groups excluding carboxylic acids is 2. The second kappa shape index (κ2) is 8.37. The van der Waals surface area contributed by atoms with Gasteiger partial charge in [-0.2, -0.15) is 0 Å². The molecule has 2 aliphatic rings. The van der Waals surface area contributed by atoms with Crippen LogP contribution >= 0.6 is 0 Å². The molecule has 2 aliphatic heterocycles. The lowest BCUT2D eigenvalue weighted by molar-refractivity contribution is -0.138. The van der Waals surface area contributed by atoms with Crippen molar-refractivity contribution in [1.82, 2.24) is 4.57 Å². The molecule has 0 saturated heterocycles. The fourth-order valence-electron chi connectivity index (χ4n) is 5.26. The van der Waals surface area contributed by atoms with Crippen LogP contribution in [0.3, 0.4) is 0 Å². The van der Waals surface area contributed by atoms with Gasteiger partial charge in [-0.25, -0.2) is 9.18 Å². The van der Waals surface area contributed by atoms with Gasteiger partial charge in [0.1, 0.15) is 22.6 Å². The quantitative estimate of drug-likeness (QED) is 0.566. The number of carbonyl (C=O) groups is 2. The van der Waals surface area contributed by atoms with Crippen LogP contribution < -0.4 is 20.9 Å². The molecule has 36 heavy (non-hydrogen) atoms. The molecule has 0 saturated carbocycles. The maximum atomic E-state index is 14.5. The van der Waals surface area contributed by atoms with Crippen molar-refractivity contribution in [3.8, 4) is 5.75 Å². The van der Waals surface area contributed by atoms with Gasteiger partial charge in [-0.15, -0.1) is 0 Å². The molecule has 8 nitrogen and oxygen atoms in total. The highest BCUT2D eigenvalue weighted by Crippen LogP contribution is 2.54. The van der Waals surface area contributed by atoms with Crippen molar-refractivity contribution >= 4 is 17.6 Å². The number of methoxy groups -OCH3 is 1. The van der Waals surface area contributed by atoms with E-state index in [1.165, 1.54) is 28.7 Å². The second-order valence-corrected chi connectivity index (χ2v) is 8.69. The highest BCUT2D eigenvalue weighted by atomic mass is 19.1. The number of hydrogen-bond donors (Lipinski definition) is 1. The number of amides is 1. The van der Waals surface area contributed by atoms with Gasteiger partial charge in [0.25, 0.3) is 5.56 Å². The highest BCUT2D eigenvalue weighted by molar-refractivity contribution is 6.18. The summed E-state index contributed by atoms with van der Waals surface area (Å²) in [6.07, 6.45) is 0. The predicted octanol–water partition coefficient (Wildman–Crippen LogP) is 2.88. The minimum Gasteiger partial charge on any atom is -0.465 e. The first-order valence-electron chi connectivity index (χ1n) is 11.4. The summed E-state index contributed by atoms with van der Waals surface area (Å²) in [5.41, 5.74) is 5.86. The Morgan fingerprint density at radius 2 is 1.83 bits per heavy atom. The van der Waals surface area contributed by atoms with Gasteiger partial charge in [-0.3, -0.25) is 9.59 Å². The largest absolute Gasteiger partial charge is 0.465 e. The number of anilines is 1. The van der Waals surface area contributed by atoms with E-state index in [1.54, 1.807) is 49.4 Å². The molecular weight excluding hydrogens is 465 g/mol. The molecule has 0 fully saturated rings. The fraction of sp³-hybridized carbons (Fsp3) is 0.222. The Labute approximate surface area is 206 Å². The van der Waals surface area contributed by atoms with Crippen molar-refractivity contribution in [3.63, 3.8) is 0 Å². The summed E-state index contributed by atoms with van der Waals surface area (Å²) < 4.78 is 25.9. The van der Waals surface area contributed by atoms with Crippen LogP contribution in [0.5, 0.6) is 5.75 Å². The number of halogens is 1. The summed E-state index contributed by atoms with van der Waals surface area (Å²) in [6, 6.07) is 14.3. The van der Waals surface area contributed by atoms with Gasteiger partial charge in [-0.1, -0.05) is 30.3 Å². The van der Waals surface area contributed by atoms with E-state index in [1.807, 2.05) is 6.92 Å². The fourth-order valence-corrected chi connectivity index (χ4v) is 5.26. The average Bonchev–Trinajstić information content (AvgIpc) is 3.08. The Morgan fingerprint density at radius 3 is 2.50 bits per heavy atom. The molecule has 5 rings (SSSR count). The second-order valence-electron chi connectivity index (χ2n) is 8.69. The summed E-state index contributed by atoms with van der Waals surface area (Å²) in [5.74, 6) is -2.04. The molecule has 1 atom stereocenters. The smallest absolute Gasteiger partial charge is 0.340 e. The molecule has 0 unspecified atom stereocenters. The summed E-state index contributed by atoms with van der Waals surface area (Å²) in [6.45, 7) is 3.99. The molecule has 0 bridgehead atoms. The Morgan fingerprint density at radius 1 is 1.14 bits per heavy atom. The average molecular weight is 490 g/mol. The molecule has 1 aromatic heterocycles. The number of nitrogens with two attached hydrogens (primary N) is 1. The number of rotatable bonds is 4. The Balaban J connectivity index is 1.86. The van der Waals surface area contributed by atoms with Crippen molar-refractivity contribution in [1.29, 1.82) is 0 Å². The van der Waals surface area contributed by atoms with Gasteiger partial charge >= 0.3 is 5.97 Å². The van der Waals surface area contributed by atoms with E-state index >= 15 is 0 Å². The number of hydrogen-bond acceptors (Lipinski definition) is 6. The Bertz CT molecular complexity index is 1510. The molecule has 0 radical (unpaired) electrons. The van der Waals surface area contributed by atoms with Gasteiger partial charge < -0.3 is 24.7 Å². The summed E-state index contributed by atoms with van der Waals surface area (Å²) in [4.78, 5) is 43.1. The van der Waals surface area contributed by atoms with Gasteiger partial charge in [-0.05, 0) is 37.6 Å². The van der Waals surface area contributed by atoms with E-state index in [2.05, 4.69) is 0 Å². The molecule has 1 spiro atoms. The highest BCUT2D eigenvalue weighted by Gasteiger charge is 2.62. The van der Waals surface area contributed by atoms with E-state index in [-0.39, 0.29) is 29.3 Å². The maximum Gasteiger partial charge on any atom is 0.340 e. The minimum absolute atomic E-state index is 0.00334. The maximum absolute atomic E-state index is 14.5. The first-order valence-corrected chi connectivity index (χ1v) is 11.4. The number of para-hydroxylation sites is 1. The molecule has 3 aromatic rings. The topological polar surface area (TPSA) is 104 Å². The molecule has 9 heteroatoms. The van der Waals surface area contributed by atoms with Crippen LogP contribution in [-0.4, -0.2) is 23.6 Å². The van der Waals surface area contributed by atoms with Crippen molar-refractivity contribution in [2.75, 3.05) is 12.0 Å². The predicted molar refractivity (Wildman–Crippen MR) is 130 cm³/mol. The number of fused-ring (bicyclic) bond motifs is 4. The SMILES string of the molecule is CCn1c(C)cc2c(c1=O)[C@@]1(C(=O)N(Cc3ccc(F)cc3)c3ccccc31)C(C(=O)OC)=C(N)O2. The summed E-state index contributed by atoms with van der Waals surface area (Å²) in [5, 5.41) is 0. The van der Waals surface area contributed by atoms with Crippen LogP contribution in [0.1, 0.15) is 29.3 Å². The molecule has 184 valence electrons. The standard InChI is InChI=1S/C27H24FN3O5/c1-4-30-15(2)13-20-21(24(30)32)27(22(23(29)36-20)25(33)35-3)18-7-5-6-8-19(18)31(26(27)34)14-16-9-11-17(28)12-10-16/h5-13H,4,14,29H2,1-3H3/t27-/m1/s1. The Hall–Kier alpha value is -4.40. The van der Waals surface area contributed by atoms with Gasteiger partial charge in [0, 0.05) is 29.6 Å². The number of nitrogens with zero attached hydrogens (tertiary/aromatic N) is 2. The van der Waals surface area contributed by atoms with Gasteiger partial charge in [0.15, 0.2) is 0 Å². The van der Waals surface area contributed by atoms with E-state index in [0.717, 1.165) is 0 Å². The molecule has 2 N–H and O–H groups in total. The van der Waals surface area contributed by atoms with Crippen LogP contribution in [0.2, 0.25) is 0 Å². The van der Waals surface area contributed by atoms with Crippen molar-refractivity contribution < 1.29 is 23.5 Å². The number of esters is 1. The van der Waals surface area contributed by atoms with E-state index < -0.39 is 28.7 Å². The lowest BCUT2D eigenvalue weighted by Gasteiger charge is -2.36. The third-order valence-electron chi connectivity index (χ3n) is 6.81. The monoisotopic (exact) mass is 489 g/mol. The van der Waals surface area contributed by atoms with Crippen molar-refractivity contribution in [2.24, 2.45) is 5.73 Å². The van der Waals surface area contributed by atoms with Crippen LogP contribution in [0.25, 0.3) is 0 Å². The zero-order chi connectivity index (χ0) is 25.8. The van der Waals surface area contributed by atoms with Gasteiger partial charge in [0.2, 0.25) is 11.8 Å². The molecule has 0 aliphatic carbocycles. The summed E-state index contributed by atoms with van der Waals surface area (Å²) >= 11 is 0. The van der Waals surface area contributed by atoms with E-state index in [9.17, 15) is 18.8 Å². The number of aromatic nitrogens is 1. The molecule has 2 aromatic carbocycles. The zero-order valence-electron chi connectivity index (χ0n) is 20.0. The van der Waals surface area contributed by atoms with E-state index in [4.69, 9.17) is 15.2 Å². The Kier molecular flexibility index (Phi) is 5.43. The lowest BCUT2D eigenvalue weighted by atomic mass is 9.68. The number of ether oxygens (including phenoxy) is 2. The van der Waals surface area contributed by atoms with Crippen molar-refractivity contribution in [2.45, 2.75) is 32.4 Å². The molecular formula is C27H24FN3O5. The van der Waals surface area contributed by atoms with Crippen LogP contribution in [-0.2, 0) is 32.8 Å². The first-order chi connectivity index (χ1) is 17.2. The third-order valence-corrected chi connectivity index (χ3v) is 6.81. The first kappa shape index (κ1) is 23.3. The van der Waals surface area contributed by atoms with Crippen LogP contribution in [0.4, 0.5) is 10.1 Å². The third kappa shape index (κ3) is 3.08. The van der Waals surface area contributed by atoms with Crippen LogP contribution in [0.15, 0.2) is 70.8 Å². The van der Waals surface area contributed by atoms with Crippen molar-refractivity contribution in [3.05, 3.63) is 105 Å². The minimum atomic E-state index is -1.89. The summed E-state index contributed by atoms with van der Waals surface area (Å²) in [7, 11) is 1.17. The molecule has 1 amide bonds. The number of benzene rings is 2. The lowest BCUT2D eigenvalue weighted by Crippen LogP contribution is -2.52. The normalized spacial score (nSPS) is 18.2. The van der Waals surface area contributed by atoms with Crippen LogP contribution in [0, 0.1) is 12.7 Å². The molecule has 3 heterocycles. The van der Waals surface area contributed by atoms with Gasteiger partial charge in [0.05, 0.1) is 19.2 Å². The number of aryl methyl sites for hydroxylation is 1. The zero-order valence-corrected chi connectivity index (χ0v) is 20.0. The van der Waals surface area contributed by atoms with E-state index in [0.29, 0.717) is 29.1 Å². The number of pyridine rings is 1.